The van der Waals surface area contributed by atoms with Gasteiger partial charge >= 0.3 is 0 Å². The van der Waals surface area contributed by atoms with Crippen molar-refractivity contribution >= 4 is 34.2 Å². The number of hydrogen-bond donors (Lipinski definition) is 1. The minimum Gasteiger partial charge on any atom is -0.326 e. The standard InChI is InChI=1S/C17H24INO/c1-3-5-6-7-8-9-14(4-2)17(20)19-16-12-10-15(18)11-13-16/h3,5,10-14H,4,6-9H2,1-2H3,(H,19,20)/b5-3+. The lowest BCUT2D eigenvalue weighted by Crippen LogP contribution is -2.22. The van der Waals surface area contributed by atoms with Gasteiger partial charge in [-0.15, -0.1) is 0 Å². The van der Waals surface area contributed by atoms with Crippen LogP contribution in [0.4, 0.5) is 5.69 Å². The van der Waals surface area contributed by atoms with Gasteiger partial charge in [-0.3, -0.25) is 4.79 Å². The third kappa shape index (κ3) is 6.55. The van der Waals surface area contributed by atoms with Crippen LogP contribution in [0.1, 0.15) is 46.0 Å². The number of amides is 1. The second kappa shape index (κ2) is 9.97. The second-order valence-corrected chi connectivity index (χ2v) is 6.20. The number of carbonyl (C=O) groups excluding carboxylic acids is 1. The zero-order valence-corrected chi connectivity index (χ0v) is 14.5. The van der Waals surface area contributed by atoms with Crippen LogP contribution in [0.3, 0.4) is 0 Å². The average Bonchev–Trinajstić information content (AvgIpc) is 2.45. The van der Waals surface area contributed by atoms with Gasteiger partial charge in [-0.25, -0.2) is 0 Å². The Morgan fingerprint density at radius 1 is 1.30 bits per heavy atom. The highest BCUT2D eigenvalue weighted by atomic mass is 127. The van der Waals surface area contributed by atoms with Crippen molar-refractivity contribution in [2.45, 2.75) is 46.0 Å². The van der Waals surface area contributed by atoms with Gasteiger partial charge in [0.25, 0.3) is 0 Å². The van der Waals surface area contributed by atoms with E-state index in [1.807, 2.05) is 31.2 Å². The van der Waals surface area contributed by atoms with Gasteiger partial charge in [0.1, 0.15) is 0 Å². The molecule has 0 spiro atoms. The van der Waals surface area contributed by atoms with Crippen molar-refractivity contribution in [1.29, 1.82) is 0 Å². The van der Waals surface area contributed by atoms with E-state index in [9.17, 15) is 4.79 Å². The molecule has 1 amide bonds. The molecule has 1 N–H and O–H groups in total. The van der Waals surface area contributed by atoms with E-state index >= 15 is 0 Å². The Balaban J connectivity index is 2.40. The van der Waals surface area contributed by atoms with Crippen molar-refractivity contribution in [3.63, 3.8) is 0 Å². The van der Waals surface area contributed by atoms with Crippen LogP contribution < -0.4 is 5.32 Å². The largest absolute Gasteiger partial charge is 0.326 e. The van der Waals surface area contributed by atoms with E-state index in [2.05, 4.69) is 47.0 Å². The molecule has 1 aromatic carbocycles. The molecular formula is C17H24INO. The van der Waals surface area contributed by atoms with E-state index in [4.69, 9.17) is 0 Å². The molecule has 0 saturated heterocycles. The molecule has 0 aromatic heterocycles. The van der Waals surface area contributed by atoms with E-state index < -0.39 is 0 Å². The van der Waals surface area contributed by atoms with Gasteiger partial charge in [-0.2, -0.15) is 0 Å². The van der Waals surface area contributed by atoms with Gasteiger partial charge in [0, 0.05) is 15.2 Å². The normalized spacial score (nSPS) is 12.6. The molecule has 2 nitrogen and oxygen atoms in total. The Bertz CT molecular complexity index is 425. The summed E-state index contributed by atoms with van der Waals surface area (Å²) in [5.41, 5.74) is 0.891. The summed E-state index contributed by atoms with van der Waals surface area (Å²) < 4.78 is 1.18. The average molecular weight is 385 g/mol. The predicted octanol–water partition coefficient (Wildman–Crippen LogP) is 5.39. The summed E-state index contributed by atoms with van der Waals surface area (Å²) in [6.45, 7) is 4.13. The van der Waals surface area contributed by atoms with Crippen LogP contribution in [0, 0.1) is 9.49 Å². The smallest absolute Gasteiger partial charge is 0.227 e. The van der Waals surface area contributed by atoms with Gasteiger partial charge in [0.2, 0.25) is 5.91 Å². The summed E-state index contributed by atoms with van der Waals surface area (Å²) >= 11 is 2.26. The van der Waals surface area contributed by atoms with Gasteiger partial charge in [-0.05, 0) is 79.5 Å². The highest BCUT2D eigenvalue weighted by molar-refractivity contribution is 14.1. The molecule has 0 saturated carbocycles. The lowest BCUT2D eigenvalue weighted by atomic mass is 9.97. The molecular weight excluding hydrogens is 361 g/mol. The third-order valence-electron chi connectivity index (χ3n) is 3.38. The minimum absolute atomic E-state index is 0.125. The number of carbonyl (C=O) groups is 1. The molecule has 0 aliphatic heterocycles. The maximum atomic E-state index is 12.2. The van der Waals surface area contributed by atoms with Gasteiger partial charge in [0.15, 0.2) is 0 Å². The van der Waals surface area contributed by atoms with Crippen molar-refractivity contribution < 1.29 is 4.79 Å². The molecule has 0 fully saturated rings. The van der Waals surface area contributed by atoms with E-state index in [0.29, 0.717) is 0 Å². The first-order valence-electron chi connectivity index (χ1n) is 7.35. The highest BCUT2D eigenvalue weighted by Gasteiger charge is 2.15. The van der Waals surface area contributed by atoms with Gasteiger partial charge in [0.05, 0.1) is 0 Å². The second-order valence-electron chi connectivity index (χ2n) is 4.95. The summed E-state index contributed by atoms with van der Waals surface area (Å²) in [7, 11) is 0. The maximum absolute atomic E-state index is 12.2. The van der Waals surface area contributed by atoms with E-state index in [1.165, 1.54) is 3.57 Å². The molecule has 0 aliphatic rings. The zero-order chi connectivity index (χ0) is 14.8. The van der Waals surface area contributed by atoms with Crippen LogP contribution in [0.2, 0.25) is 0 Å². The number of rotatable bonds is 8. The molecule has 1 unspecified atom stereocenters. The Hall–Kier alpha value is -0.840. The summed E-state index contributed by atoms with van der Waals surface area (Å²) in [5, 5.41) is 3.02. The molecule has 0 aliphatic carbocycles. The fourth-order valence-corrected chi connectivity index (χ4v) is 2.48. The van der Waals surface area contributed by atoms with Crippen LogP contribution in [0.5, 0.6) is 0 Å². The van der Waals surface area contributed by atoms with E-state index in [-0.39, 0.29) is 11.8 Å². The Labute approximate surface area is 136 Å². The van der Waals surface area contributed by atoms with Gasteiger partial charge in [-0.1, -0.05) is 25.5 Å². The number of hydrogen-bond acceptors (Lipinski definition) is 1. The highest BCUT2D eigenvalue weighted by Crippen LogP contribution is 2.18. The van der Waals surface area contributed by atoms with Crippen molar-refractivity contribution in [3.05, 3.63) is 40.0 Å². The first-order chi connectivity index (χ1) is 9.67. The van der Waals surface area contributed by atoms with Crippen molar-refractivity contribution in [3.8, 4) is 0 Å². The molecule has 1 rings (SSSR count). The number of halogens is 1. The number of nitrogens with one attached hydrogen (secondary N) is 1. The summed E-state index contributed by atoms with van der Waals surface area (Å²) in [6, 6.07) is 7.93. The molecule has 0 heterocycles. The van der Waals surface area contributed by atoms with Crippen molar-refractivity contribution in [1.82, 2.24) is 0 Å². The van der Waals surface area contributed by atoms with E-state index in [1.54, 1.807) is 0 Å². The monoisotopic (exact) mass is 385 g/mol. The van der Waals surface area contributed by atoms with Crippen LogP contribution >= 0.6 is 22.6 Å². The van der Waals surface area contributed by atoms with Crippen LogP contribution in [0.15, 0.2) is 36.4 Å². The minimum atomic E-state index is 0.125. The number of allylic oxidation sites excluding steroid dienone is 2. The Morgan fingerprint density at radius 2 is 2.00 bits per heavy atom. The molecule has 0 bridgehead atoms. The van der Waals surface area contributed by atoms with E-state index in [0.717, 1.165) is 37.8 Å². The summed E-state index contributed by atoms with van der Waals surface area (Å²) in [5.74, 6) is 0.277. The van der Waals surface area contributed by atoms with Crippen molar-refractivity contribution in [2.75, 3.05) is 5.32 Å². The molecule has 110 valence electrons. The molecule has 3 heteroatoms. The maximum Gasteiger partial charge on any atom is 0.227 e. The Morgan fingerprint density at radius 3 is 2.60 bits per heavy atom. The summed E-state index contributed by atoms with van der Waals surface area (Å²) in [4.78, 5) is 12.2. The fourth-order valence-electron chi connectivity index (χ4n) is 2.12. The quantitative estimate of drug-likeness (QED) is 0.363. The predicted molar refractivity (Wildman–Crippen MR) is 94.9 cm³/mol. The Kier molecular flexibility index (Phi) is 8.58. The topological polar surface area (TPSA) is 29.1 Å². The number of unbranched alkanes of at least 4 members (excludes halogenated alkanes) is 2. The van der Waals surface area contributed by atoms with Crippen LogP contribution in [-0.2, 0) is 4.79 Å². The first kappa shape index (κ1) is 17.2. The van der Waals surface area contributed by atoms with Gasteiger partial charge < -0.3 is 5.32 Å². The molecule has 0 radical (unpaired) electrons. The first-order valence-corrected chi connectivity index (χ1v) is 8.42. The number of anilines is 1. The van der Waals surface area contributed by atoms with Crippen molar-refractivity contribution in [2.24, 2.45) is 5.92 Å². The molecule has 20 heavy (non-hydrogen) atoms. The molecule has 1 atom stereocenters. The third-order valence-corrected chi connectivity index (χ3v) is 4.10. The lowest BCUT2D eigenvalue weighted by Gasteiger charge is -2.14. The van der Waals surface area contributed by atoms with Crippen LogP contribution in [-0.4, -0.2) is 5.91 Å². The molecule has 1 aromatic rings. The zero-order valence-electron chi connectivity index (χ0n) is 12.4. The number of benzene rings is 1. The van der Waals surface area contributed by atoms with Crippen LogP contribution in [0.25, 0.3) is 0 Å². The fraction of sp³-hybridized carbons (Fsp3) is 0.471. The lowest BCUT2D eigenvalue weighted by molar-refractivity contribution is -0.120. The SMILES string of the molecule is C/C=C/CCCCC(CC)C(=O)Nc1ccc(I)cc1. The summed E-state index contributed by atoms with van der Waals surface area (Å²) in [6.07, 6.45) is 9.55.